The van der Waals surface area contributed by atoms with Crippen LogP contribution < -0.4 is 4.90 Å². The van der Waals surface area contributed by atoms with Crippen LogP contribution in [0.1, 0.15) is 17.5 Å². The Morgan fingerprint density at radius 2 is 1.75 bits per heavy atom. The SMILES string of the molecule is Cc1ccc(CC(=O)N2CC[C@]3(C2)CN(c2ccccc2)C(=O)CN3C)cc1. The first kappa shape index (κ1) is 18.7. The molecule has 2 aliphatic rings. The third kappa shape index (κ3) is 3.54. The number of para-hydroxylation sites is 1. The Kier molecular flexibility index (Phi) is 4.94. The van der Waals surface area contributed by atoms with E-state index in [1.807, 2.05) is 71.4 Å². The predicted molar refractivity (Wildman–Crippen MR) is 110 cm³/mol. The van der Waals surface area contributed by atoms with Crippen LogP contribution in [0.2, 0.25) is 0 Å². The van der Waals surface area contributed by atoms with Gasteiger partial charge in [-0.3, -0.25) is 14.5 Å². The second-order valence-electron chi connectivity index (χ2n) is 8.12. The summed E-state index contributed by atoms with van der Waals surface area (Å²) in [5, 5.41) is 0. The highest BCUT2D eigenvalue weighted by molar-refractivity contribution is 5.96. The Balaban J connectivity index is 1.48. The highest BCUT2D eigenvalue weighted by Gasteiger charge is 2.48. The molecule has 4 rings (SSSR count). The molecule has 0 saturated carbocycles. The van der Waals surface area contributed by atoms with E-state index in [-0.39, 0.29) is 17.4 Å². The summed E-state index contributed by atoms with van der Waals surface area (Å²) >= 11 is 0. The van der Waals surface area contributed by atoms with Gasteiger partial charge in [-0.05, 0) is 38.1 Å². The van der Waals surface area contributed by atoms with E-state index in [4.69, 9.17) is 0 Å². The van der Waals surface area contributed by atoms with Gasteiger partial charge in [-0.1, -0.05) is 48.0 Å². The van der Waals surface area contributed by atoms with Crippen LogP contribution in [-0.2, 0) is 16.0 Å². The number of likely N-dealkylation sites (tertiary alicyclic amines) is 1. The second-order valence-corrected chi connectivity index (χ2v) is 8.12. The molecule has 0 aromatic heterocycles. The van der Waals surface area contributed by atoms with Crippen molar-refractivity contribution in [3.05, 3.63) is 65.7 Å². The number of benzene rings is 2. The van der Waals surface area contributed by atoms with Crippen molar-refractivity contribution in [3.63, 3.8) is 0 Å². The molecule has 2 aromatic rings. The van der Waals surface area contributed by atoms with Gasteiger partial charge >= 0.3 is 0 Å². The van der Waals surface area contributed by atoms with Gasteiger partial charge in [0.2, 0.25) is 11.8 Å². The summed E-state index contributed by atoms with van der Waals surface area (Å²) < 4.78 is 0. The van der Waals surface area contributed by atoms with Gasteiger partial charge in [0.05, 0.1) is 18.5 Å². The molecule has 0 bridgehead atoms. The van der Waals surface area contributed by atoms with Crippen LogP contribution in [0.3, 0.4) is 0 Å². The van der Waals surface area contributed by atoms with Crippen LogP contribution in [0.15, 0.2) is 54.6 Å². The number of carbonyl (C=O) groups is 2. The van der Waals surface area contributed by atoms with Crippen molar-refractivity contribution in [3.8, 4) is 0 Å². The molecular weight excluding hydrogens is 350 g/mol. The van der Waals surface area contributed by atoms with Crippen molar-refractivity contribution in [1.82, 2.24) is 9.80 Å². The normalized spacial score (nSPS) is 22.9. The maximum Gasteiger partial charge on any atom is 0.241 e. The summed E-state index contributed by atoms with van der Waals surface area (Å²) in [6.07, 6.45) is 1.32. The lowest BCUT2D eigenvalue weighted by Gasteiger charge is -2.46. The molecule has 1 spiro atoms. The Labute approximate surface area is 166 Å². The van der Waals surface area contributed by atoms with Crippen molar-refractivity contribution >= 4 is 17.5 Å². The molecule has 1 atom stereocenters. The van der Waals surface area contributed by atoms with Crippen molar-refractivity contribution in [1.29, 1.82) is 0 Å². The molecule has 5 heteroatoms. The fourth-order valence-electron chi connectivity index (χ4n) is 4.30. The minimum atomic E-state index is -0.174. The van der Waals surface area contributed by atoms with Crippen LogP contribution in [0.4, 0.5) is 5.69 Å². The van der Waals surface area contributed by atoms with Crippen LogP contribution >= 0.6 is 0 Å². The van der Waals surface area contributed by atoms with E-state index < -0.39 is 0 Å². The Morgan fingerprint density at radius 1 is 1.04 bits per heavy atom. The van der Waals surface area contributed by atoms with Gasteiger partial charge in [0.15, 0.2) is 0 Å². The zero-order chi connectivity index (χ0) is 19.7. The van der Waals surface area contributed by atoms with E-state index in [1.165, 1.54) is 5.56 Å². The quantitative estimate of drug-likeness (QED) is 0.826. The van der Waals surface area contributed by atoms with E-state index in [1.54, 1.807) is 0 Å². The first-order valence-electron chi connectivity index (χ1n) is 9.87. The Bertz CT molecular complexity index is 865. The Hall–Kier alpha value is -2.66. The zero-order valence-electron chi connectivity index (χ0n) is 16.6. The lowest BCUT2D eigenvalue weighted by Crippen LogP contribution is -2.64. The molecule has 2 aromatic carbocycles. The molecule has 2 fully saturated rings. The molecule has 0 aliphatic carbocycles. The monoisotopic (exact) mass is 377 g/mol. The summed E-state index contributed by atoms with van der Waals surface area (Å²) in [5.41, 5.74) is 3.01. The van der Waals surface area contributed by atoms with E-state index in [0.29, 0.717) is 26.1 Å². The van der Waals surface area contributed by atoms with E-state index in [2.05, 4.69) is 11.8 Å². The highest BCUT2D eigenvalue weighted by atomic mass is 16.2. The summed E-state index contributed by atoms with van der Waals surface area (Å²) in [6.45, 7) is 4.47. The van der Waals surface area contributed by atoms with Crippen LogP contribution in [0.25, 0.3) is 0 Å². The smallest absolute Gasteiger partial charge is 0.241 e. The number of amides is 2. The van der Waals surface area contributed by atoms with Gasteiger partial charge in [0.25, 0.3) is 0 Å². The largest absolute Gasteiger partial charge is 0.340 e. The fourth-order valence-corrected chi connectivity index (χ4v) is 4.30. The zero-order valence-corrected chi connectivity index (χ0v) is 16.6. The molecule has 0 unspecified atom stereocenters. The molecule has 146 valence electrons. The number of rotatable bonds is 3. The highest BCUT2D eigenvalue weighted by Crippen LogP contribution is 2.33. The maximum absolute atomic E-state index is 12.9. The molecule has 0 radical (unpaired) electrons. The Morgan fingerprint density at radius 3 is 2.46 bits per heavy atom. The molecule has 5 nitrogen and oxygen atoms in total. The third-order valence-electron chi connectivity index (χ3n) is 6.16. The lowest BCUT2D eigenvalue weighted by atomic mass is 9.92. The molecule has 0 N–H and O–H groups in total. The molecule has 2 saturated heterocycles. The average molecular weight is 377 g/mol. The van der Waals surface area contributed by atoms with Gasteiger partial charge in [0, 0.05) is 25.3 Å². The molecule has 2 heterocycles. The number of piperazine rings is 1. The number of hydrogen-bond donors (Lipinski definition) is 0. The van der Waals surface area contributed by atoms with Crippen molar-refractivity contribution < 1.29 is 9.59 Å². The average Bonchev–Trinajstić information content (AvgIpc) is 3.13. The second kappa shape index (κ2) is 7.40. The van der Waals surface area contributed by atoms with E-state index in [0.717, 1.165) is 24.2 Å². The van der Waals surface area contributed by atoms with Crippen molar-refractivity contribution in [2.75, 3.05) is 38.1 Å². The summed E-state index contributed by atoms with van der Waals surface area (Å²) in [7, 11) is 2.01. The fraction of sp³-hybridized carbons (Fsp3) is 0.391. The van der Waals surface area contributed by atoms with Gasteiger partial charge in [-0.15, -0.1) is 0 Å². The van der Waals surface area contributed by atoms with Crippen molar-refractivity contribution in [2.45, 2.75) is 25.3 Å². The minimum absolute atomic E-state index is 0.115. The van der Waals surface area contributed by atoms with E-state index in [9.17, 15) is 9.59 Å². The van der Waals surface area contributed by atoms with Crippen LogP contribution in [0, 0.1) is 6.92 Å². The molecular formula is C23H27N3O2. The third-order valence-corrected chi connectivity index (χ3v) is 6.16. The van der Waals surface area contributed by atoms with Gasteiger partial charge in [0.1, 0.15) is 0 Å². The summed E-state index contributed by atoms with van der Waals surface area (Å²) in [4.78, 5) is 31.5. The number of hydrogen-bond acceptors (Lipinski definition) is 3. The standard InChI is InChI=1S/C23H27N3O2/c1-18-8-10-19(11-9-18)14-21(27)25-13-12-23(16-25)17-26(22(28)15-24(23)2)20-6-4-3-5-7-20/h3-11H,12-17H2,1-2H3/t23-/m0/s1. The van der Waals surface area contributed by atoms with Gasteiger partial charge < -0.3 is 9.80 Å². The van der Waals surface area contributed by atoms with E-state index >= 15 is 0 Å². The van der Waals surface area contributed by atoms with Crippen molar-refractivity contribution in [2.24, 2.45) is 0 Å². The number of nitrogens with zero attached hydrogens (tertiary/aromatic N) is 3. The maximum atomic E-state index is 12.9. The summed E-state index contributed by atoms with van der Waals surface area (Å²) in [6, 6.07) is 18.0. The summed E-state index contributed by atoms with van der Waals surface area (Å²) in [5.74, 6) is 0.279. The molecule has 2 aliphatic heterocycles. The van der Waals surface area contributed by atoms with Gasteiger partial charge in [-0.2, -0.15) is 0 Å². The first-order valence-corrected chi connectivity index (χ1v) is 9.87. The number of aryl methyl sites for hydroxylation is 1. The number of anilines is 1. The van der Waals surface area contributed by atoms with Gasteiger partial charge in [-0.25, -0.2) is 0 Å². The first-order chi connectivity index (χ1) is 13.5. The predicted octanol–water partition coefficient (Wildman–Crippen LogP) is 2.49. The number of likely N-dealkylation sites (N-methyl/N-ethyl adjacent to an activating group) is 1. The minimum Gasteiger partial charge on any atom is -0.340 e. The van der Waals surface area contributed by atoms with Crippen LogP contribution in [0.5, 0.6) is 0 Å². The molecule has 28 heavy (non-hydrogen) atoms. The lowest BCUT2D eigenvalue weighted by molar-refractivity contribution is -0.130. The number of carbonyl (C=O) groups excluding carboxylic acids is 2. The molecule has 2 amide bonds. The topological polar surface area (TPSA) is 43.9 Å². The van der Waals surface area contributed by atoms with Crippen LogP contribution in [-0.4, -0.2) is 60.4 Å².